The number of carbonyl (C=O) groups excluding carboxylic acids is 1. The van der Waals surface area contributed by atoms with E-state index in [-0.39, 0.29) is 16.6 Å². The van der Waals surface area contributed by atoms with E-state index in [1.54, 1.807) is 28.8 Å². The summed E-state index contributed by atoms with van der Waals surface area (Å²) in [5, 5.41) is 21.2. The maximum absolute atomic E-state index is 13.0. The smallest absolute Gasteiger partial charge is 0.238 e. The number of carbonyl (C=O) groups is 1. The van der Waals surface area contributed by atoms with E-state index in [1.807, 2.05) is 34.6 Å². The van der Waals surface area contributed by atoms with Gasteiger partial charge in [-0.25, -0.2) is 8.42 Å². The normalized spacial score (nSPS) is 12.4. The van der Waals surface area contributed by atoms with Gasteiger partial charge in [0.15, 0.2) is 15.0 Å². The van der Waals surface area contributed by atoms with Crippen LogP contribution in [0.1, 0.15) is 47.7 Å². The number of benzene rings is 1. The molecule has 0 bridgehead atoms. The number of hydrogen-bond acceptors (Lipinski definition) is 8. The molecule has 8 nitrogen and oxygen atoms in total. The van der Waals surface area contributed by atoms with E-state index in [9.17, 15) is 18.5 Å². The lowest BCUT2D eigenvalue weighted by molar-refractivity contribution is -0.115. The summed E-state index contributed by atoms with van der Waals surface area (Å²) in [7, 11) is -3.59. The molecule has 1 aromatic carbocycles. The summed E-state index contributed by atoms with van der Waals surface area (Å²) >= 11 is 2.62. The SMILES string of the molecule is CCC(Sc1nnc(CS(=O)(=O)c2ccc(C)cc2)n1CC)C(=O)Nc1sc(C)c(C)c1C#N. The number of aromatic nitrogens is 3. The van der Waals surface area contributed by atoms with Crippen molar-refractivity contribution in [3.8, 4) is 6.07 Å². The third-order valence-electron chi connectivity index (χ3n) is 5.45. The number of rotatable bonds is 9. The highest BCUT2D eigenvalue weighted by atomic mass is 32.2. The van der Waals surface area contributed by atoms with E-state index in [4.69, 9.17) is 0 Å². The predicted molar refractivity (Wildman–Crippen MR) is 135 cm³/mol. The molecule has 1 N–H and O–H groups in total. The van der Waals surface area contributed by atoms with Gasteiger partial charge in [0.1, 0.15) is 22.6 Å². The third kappa shape index (κ3) is 5.51. The quantitative estimate of drug-likeness (QED) is 0.411. The van der Waals surface area contributed by atoms with Crippen molar-refractivity contribution in [2.75, 3.05) is 5.32 Å². The van der Waals surface area contributed by atoms with Gasteiger partial charge < -0.3 is 9.88 Å². The Hall–Kier alpha value is -2.68. The highest BCUT2D eigenvalue weighted by molar-refractivity contribution is 8.00. The minimum Gasteiger partial charge on any atom is -0.316 e. The van der Waals surface area contributed by atoms with Crippen molar-refractivity contribution in [3.05, 3.63) is 51.7 Å². The molecule has 0 spiro atoms. The maximum atomic E-state index is 13.0. The number of aryl methyl sites for hydroxylation is 2. The van der Waals surface area contributed by atoms with Gasteiger partial charge in [0, 0.05) is 11.4 Å². The number of nitriles is 1. The zero-order valence-electron chi connectivity index (χ0n) is 19.7. The Morgan fingerprint density at radius 2 is 1.88 bits per heavy atom. The average Bonchev–Trinajstić information content (AvgIpc) is 3.30. The zero-order chi connectivity index (χ0) is 25.0. The van der Waals surface area contributed by atoms with Crippen LogP contribution in [0.15, 0.2) is 34.3 Å². The summed E-state index contributed by atoms with van der Waals surface area (Å²) in [4.78, 5) is 14.2. The summed E-state index contributed by atoms with van der Waals surface area (Å²) in [6.45, 7) is 9.92. The van der Waals surface area contributed by atoms with Crippen molar-refractivity contribution in [1.82, 2.24) is 14.8 Å². The second kappa shape index (κ2) is 10.7. The maximum Gasteiger partial charge on any atom is 0.238 e. The Morgan fingerprint density at radius 1 is 1.21 bits per heavy atom. The minimum atomic E-state index is -3.59. The molecular weight excluding hydrogens is 490 g/mol. The van der Waals surface area contributed by atoms with E-state index in [0.29, 0.717) is 34.5 Å². The number of nitrogens with zero attached hydrogens (tertiary/aromatic N) is 4. The molecule has 2 heterocycles. The lowest BCUT2D eigenvalue weighted by atomic mass is 10.2. The van der Waals surface area contributed by atoms with E-state index in [2.05, 4.69) is 21.6 Å². The highest BCUT2D eigenvalue weighted by Crippen LogP contribution is 2.33. The van der Waals surface area contributed by atoms with Crippen molar-refractivity contribution in [2.45, 2.75) is 68.6 Å². The van der Waals surface area contributed by atoms with Crippen LogP contribution >= 0.6 is 23.1 Å². The number of thiophene rings is 1. The van der Waals surface area contributed by atoms with Gasteiger partial charge in [-0.3, -0.25) is 4.79 Å². The van der Waals surface area contributed by atoms with Gasteiger partial charge >= 0.3 is 0 Å². The van der Waals surface area contributed by atoms with Crippen LogP contribution in [-0.2, 0) is 26.9 Å². The standard InChI is InChI=1S/C23H27N5O3S3/c1-6-19(21(29)25-22-18(12-24)15(4)16(5)32-22)33-23-27-26-20(28(23)7-2)13-34(30,31)17-10-8-14(3)9-11-17/h8-11,19H,6-7,13H2,1-5H3,(H,25,29). The molecule has 0 aliphatic carbocycles. The fourth-order valence-corrected chi connectivity index (χ4v) is 6.64. The van der Waals surface area contributed by atoms with Crippen LogP contribution in [0.25, 0.3) is 0 Å². The van der Waals surface area contributed by atoms with Gasteiger partial charge in [-0.15, -0.1) is 21.5 Å². The predicted octanol–water partition coefficient (Wildman–Crippen LogP) is 4.64. The van der Waals surface area contributed by atoms with Crippen molar-refractivity contribution in [3.63, 3.8) is 0 Å². The van der Waals surface area contributed by atoms with E-state index >= 15 is 0 Å². The van der Waals surface area contributed by atoms with E-state index in [1.165, 1.54) is 23.1 Å². The molecule has 11 heteroatoms. The Morgan fingerprint density at radius 3 is 2.47 bits per heavy atom. The average molecular weight is 518 g/mol. The first-order valence-corrected chi connectivity index (χ1v) is 14.1. The first kappa shape index (κ1) is 25.9. The Balaban J connectivity index is 1.80. The summed E-state index contributed by atoms with van der Waals surface area (Å²) in [5.41, 5.74) is 2.33. The first-order chi connectivity index (χ1) is 16.1. The zero-order valence-corrected chi connectivity index (χ0v) is 22.2. The summed E-state index contributed by atoms with van der Waals surface area (Å²) in [5.74, 6) is -0.179. The van der Waals surface area contributed by atoms with Crippen LogP contribution in [0.2, 0.25) is 0 Å². The Labute approximate surface area is 208 Å². The third-order valence-corrected chi connectivity index (χ3v) is 9.55. The number of hydrogen-bond donors (Lipinski definition) is 1. The molecule has 0 fully saturated rings. The largest absolute Gasteiger partial charge is 0.316 e. The molecule has 2 aromatic heterocycles. The molecule has 3 aromatic rings. The van der Waals surface area contributed by atoms with E-state index in [0.717, 1.165) is 16.0 Å². The molecular formula is C23H27N5O3S3. The van der Waals surface area contributed by atoms with Crippen LogP contribution in [0.3, 0.4) is 0 Å². The molecule has 3 rings (SSSR count). The topological polar surface area (TPSA) is 118 Å². The fourth-order valence-electron chi connectivity index (χ4n) is 3.32. The minimum absolute atomic E-state index is 0.232. The highest BCUT2D eigenvalue weighted by Gasteiger charge is 2.26. The van der Waals surface area contributed by atoms with Crippen LogP contribution in [-0.4, -0.2) is 34.3 Å². The van der Waals surface area contributed by atoms with Gasteiger partial charge in [-0.05, 0) is 51.8 Å². The first-order valence-electron chi connectivity index (χ1n) is 10.8. The monoisotopic (exact) mass is 517 g/mol. The molecule has 0 aliphatic rings. The summed E-state index contributed by atoms with van der Waals surface area (Å²) in [6, 6.07) is 8.87. The van der Waals surface area contributed by atoms with Crippen molar-refractivity contribution in [2.24, 2.45) is 0 Å². The Kier molecular flexibility index (Phi) is 8.17. The van der Waals surface area contributed by atoms with Crippen LogP contribution in [0, 0.1) is 32.1 Å². The molecule has 1 unspecified atom stereocenters. The number of amides is 1. The van der Waals surface area contributed by atoms with Crippen LogP contribution in [0.5, 0.6) is 0 Å². The molecule has 1 amide bonds. The molecule has 0 radical (unpaired) electrons. The molecule has 0 aliphatic heterocycles. The summed E-state index contributed by atoms with van der Waals surface area (Å²) in [6.07, 6.45) is 0.523. The molecule has 0 saturated heterocycles. The van der Waals surface area contributed by atoms with Gasteiger partial charge in [0.2, 0.25) is 5.91 Å². The molecule has 0 saturated carbocycles. The summed E-state index contributed by atoms with van der Waals surface area (Å²) < 4.78 is 27.5. The lowest BCUT2D eigenvalue weighted by Gasteiger charge is -2.14. The van der Waals surface area contributed by atoms with Crippen molar-refractivity contribution < 1.29 is 13.2 Å². The molecule has 180 valence electrons. The Bertz CT molecular complexity index is 1340. The van der Waals surface area contributed by atoms with Crippen LogP contribution in [0.4, 0.5) is 5.00 Å². The lowest BCUT2D eigenvalue weighted by Crippen LogP contribution is -2.25. The molecule has 34 heavy (non-hydrogen) atoms. The van der Waals surface area contributed by atoms with Crippen molar-refractivity contribution in [1.29, 1.82) is 5.26 Å². The van der Waals surface area contributed by atoms with Gasteiger partial charge in [-0.2, -0.15) is 5.26 Å². The number of nitrogens with one attached hydrogen (secondary N) is 1. The second-order valence-electron chi connectivity index (χ2n) is 7.82. The number of anilines is 1. The van der Waals surface area contributed by atoms with Crippen LogP contribution < -0.4 is 5.32 Å². The van der Waals surface area contributed by atoms with Crippen molar-refractivity contribution >= 4 is 43.8 Å². The number of sulfone groups is 1. The van der Waals surface area contributed by atoms with Gasteiger partial charge in [-0.1, -0.05) is 36.4 Å². The van der Waals surface area contributed by atoms with Gasteiger partial charge in [0.25, 0.3) is 0 Å². The second-order valence-corrected chi connectivity index (χ2v) is 12.2. The fraction of sp³-hybridized carbons (Fsp3) is 0.391. The number of thioether (sulfide) groups is 1. The van der Waals surface area contributed by atoms with E-state index < -0.39 is 15.1 Å². The van der Waals surface area contributed by atoms with Gasteiger partial charge in [0.05, 0.1) is 15.7 Å². The molecule has 1 atom stereocenters.